The van der Waals surface area contributed by atoms with E-state index in [9.17, 15) is 8.78 Å². The number of nitrogens with zero attached hydrogens (tertiary/aromatic N) is 3. The van der Waals surface area contributed by atoms with Gasteiger partial charge in [0.25, 0.3) is 0 Å². The Morgan fingerprint density at radius 3 is 2.61 bits per heavy atom. The van der Waals surface area contributed by atoms with Crippen LogP contribution in [0.1, 0.15) is 11.1 Å². The Morgan fingerprint density at radius 2 is 1.90 bits per heavy atom. The molecule has 0 fully saturated rings. The predicted octanol–water partition coefficient (Wildman–Crippen LogP) is 3.07. The molecule has 0 unspecified atom stereocenters. The molecule has 0 radical (unpaired) electrons. The van der Waals surface area contributed by atoms with Gasteiger partial charge in [-0.1, -0.05) is 18.2 Å². The highest BCUT2D eigenvalue weighted by atomic mass is 19.3. The Labute approximate surface area is 177 Å². The molecule has 1 aromatic heterocycles. The summed E-state index contributed by atoms with van der Waals surface area (Å²) in [6.07, 6.45) is 5.32. The van der Waals surface area contributed by atoms with Gasteiger partial charge in [0.05, 0.1) is 12.0 Å². The van der Waals surface area contributed by atoms with Crippen molar-refractivity contribution in [2.75, 3.05) is 13.8 Å². The third-order valence-electron chi connectivity index (χ3n) is 4.66. The van der Waals surface area contributed by atoms with Gasteiger partial charge in [0.15, 0.2) is 17.5 Å². The highest BCUT2D eigenvalue weighted by molar-refractivity contribution is 5.79. The van der Waals surface area contributed by atoms with Gasteiger partial charge in [-0.3, -0.25) is 4.99 Å². The number of guanidine groups is 1. The monoisotopic (exact) mass is 429 g/mol. The van der Waals surface area contributed by atoms with E-state index in [1.54, 1.807) is 25.6 Å². The van der Waals surface area contributed by atoms with Crippen LogP contribution in [0.3, 0.4) is 0 Å². The van der Waals surface area contributed by atoms with E-state index in [-0.39, 0.29) is 19.1 Å². The number of halogens is 2. The summed E-state index contributed by atoms with van der Waals surface area (Å²) in [6.45, 7) is -2.21. The van der Waals surface area contributed by atoms with Gasteiger partial charge in [0.2, 0.25) is 6.79 Å². The fraction of sp³-hybridized carbons (Fsp3) is 0.238. The lowest BCUT2D eigenvalue weighted by Gasteiger charge is -2.16. The number of aromatic nitrogens is 2. The van der Waals surface area contributed by atoms with Crippen molar-refractivity contribution in [3.05, 3.63) is 66.2 Å². The molecule has 2 N–H and O–H groups in total. The number of rotatable bonds is 7. The minimum Gasteiger partial charge on any atom is -0.454 e. The molecule has 31 heavy (non-hydrogen) atoms. The number of benzene rings is 2. The van der Waals surface area contributed by atoms with Gasteiger partial charge in [-0.15, -0.1) is 0 Å². The van der Waals surface area contributed by atoms with Gasteiger partial charge >= 0.3 is 6.61 Å². The van der Waals surface area contributed by atoms with Gasteiger partial charge in [-0.25, -0.2) is 4.98 Å². The predicted molar refractivity (Wildman–Crippen MR) is 110 cm³/mol. The van der Waals surface area contributed by atoms with E-state index < -0.39 is 6.61 Å². The Bertz CT molecular complexity index is 1060. The van der Waals surface area contributed by atoms with Crippen molar-refractivity contribution in [1.29, 1.82) is 0 Å². The van der Waals surface area contributed by atoms with E-state index in [0.717, 1.165) is 11.3 Å². The van der Waals surface area contributed by atoms with Crippen LogP contribution < -0.4 is 24.8 Å². The molecule has 0 atom stereocenters. The molecule has 0 saturated carbocycles. The molecular formula is C21H21F2N5O3. The standard InChI is InChI=1S/C21H21F2N5O3/c1-24-21(26-10-14-4-2-3-5-16(14)28-7-6-25-12-28)27-11-15-8-18-19(30-13-29-18)9-17(15)31-20(22)23/h2-9,12,20H,10-11,13H2,1H3,(H2,24,26,27). The number of ether oxygens (including phenoxy) is 3. The number of imidazole rings is 1. The van der Waals surface area contributed by atoms with Crippen molar-refractivity contribution in [3.63, 3.8) is 0 Å². The lowest BCUT2D eigenvalue weighted by atomic mass is 10.1. The highest BCUT2D eigenvalue weighted by Crippen LogP contribution is 2.38. The number of hydrogen-bond acceptors (Lipinski definition) is 5. The zero-order chi connectivity index (χ0) is 21.6. The van der Waals surface area contributed by atoms with Crippen LogP contribution in [0.15, 0.2) is 60.1 Å². The largest absolute Gasteiger partial charge is 0.454 e. The van der Waals surface area contributed by atoms with Gasteiger partial charge < -0.3 is 29.4 Å². The molecule has 162 valence electrons. The minimum atomic E-state index is -2.95. The first-order valence-electron chi connectivity index (χ1n) is 9.52. The van der Waals surface area contributed by atoms with Crippen LogP contribution in [0.2, 0.25) is 0 Å². The van der Waals surface area contributed by atoms with Crippen molar-refractivity contribution < 1.29 is 23.0 Å². The first-order valence-corrected chi connectivity index (χ1v) is 9.52. The summed E-state index contributed by atoms with van der Waals surface area (Å²) in [5, 5.41) is 6.34. The van der Waals surface area contributed by atoms with Crippen LogP contribution in [-0.2, 0) is 13.1 Å². The number of aliphatic imine (C=N–C) groups is 1. The fourth-order valence-electron chi connectivity index (χ4n) is 3.20. The summed E-state index contributed by atoms with van der Waals surface area (Å²) in [7, 11) is 1.63. The number of hydrogen-bond donors (Lipinski definition) is 2. The Kier molecular flexibility index (Phi) is 6.16. The van der Waals surface area contributed by atoms with Crippen LogP contribution in [0.25, 0.3) is 5.69 Å². The van der Waals surface area contributed by atoms with E-state index in [0.29, 0.717) is 29.6 Å². The smallest absolute Gasteiger partial charge is 0.387 e. The number of alkyl halides is 2. The zero-order valence-electron chi connectivity index (χ0n) is 16.7. The quantitative estimate of drug-likeness (QED) is 0.444. The van der Waals surface area contributed by atoms with Gasteiger partial charge in [0, 0.05) is 44.2 Å². The molecule has 0 bridgehead atoms. The van der Waals surface area contributed by atoms with E-state index in [2.05, 4.69) is 25.3 Å². The Morgan fingerprint density at radius 1 is 1.16 bits per heavy atom. The molecule has 0 aliphatic carbocycles. The van der Waals surface area contributed by atoms with Crippen LogP contribution in [0.5, 0.6) is 17.2 Å². The third-order valence-corrected chi connectivity index (χ3v) is 4.66. The van der Waals surface area contributed by atoms with Crippen molar-refractivity contribution in [2.45, 2.75) is 19.7 Å². The molecule has 3 aromatic rings. The average molecular weight is 429 g/mol. The Balaban J connectivity index is 1.43. The first kappa shape index (κ1) is 20.5. The molecule has 1 aliphatic heterocycles. The summed E-state index contributed by atoms with van der Waals surface area (Å²) in [6, 6.07) is 10.9. The molecule has 0 saturated heterocycles. The van der Waals surface area contributed by atoms with E-state index in [1.165, 1.54) is 6.07 Å². The van der Waals surface area contributed by atoms with E-state index >= 15 is 0 Å². The van der Waals surface area contributed by atoms with Gasteiger partial charge in [-0.05, 0) is 17.7 Å². The maximum absolute atomic E-state index is 12.8. The molecule has 2 aromatic carbocycles. The lowest BCUT2D eigenvalue weighted by Crippen LogP contribution is -2.36. The molecule has 0 spiro atoms. The summed E-state index contributed by atoms with van der Waals surface area (Å²) in [4.78, 5) is 8.29. The zero-order valence-corrected chi connectivity index (χ0v) is 16.7. The maximum atomic E-state index is 12.8. The topological polar surface area (TPSA) is 81.9 Å². The second-order valence-electron chi connectivity index (χ2n) is 6.57. The average Bonchev–Trinajstić information content (AvgIpc) is 3.45. The van der Waals surface area contributed by atoms with Crippen molar-refractivity contribution in [1.82, 2.24) is 20.2 Å². The molecule has 1 aliphatic rings. The second-order valence-corrected chi connectivity index (χ2v) is 6.57. The molecule has 0 amide bonds. The molecule has 4 rings (SSSR count). The van der Waals surface area contributed by atoms with Crippen LogP contribution >= 0.6 is 0 Å². The fourth-order valence-corrected chi connectivity index (χ4v) is 3.20. The van der Waals surface area contributed by atoms with Crippen molar-refractivity contribution in [2.24, 2.45) is 4.99 Å². The molecule has 8 nitrogen and oxygen atoms in total. The van der Waals surface area contributed by atoms with E-state index in [1.807, 2.05) is 35.0 Å². The lowest BCUT2D eigenvalue weighted by molar-refractivity contribution is -0.0505. The van der Waals surface area contributed by atoms with Gasteiger partial charge in [0.1, 0.15) is 5.75 Å². The summed E-state index contributed by atoms with van der Waals surface area (Å²) in [5.74, 6) is 1.38. The summed E-state index contributed by atoms with van der Waals surface area (Å²) < 4.78 is 42.8. The van der Waals surface area contributed by atoms with Crippen LogP contribution in [-0.4, -0.2) is 36.0 Å². The first-order chi connectivity index (χ1) is 15.1. The summed E-state index contributed by atoms with van der Waals surface area (Å²) >= 11 is 0. The number of nitrogens with one attached hydrogen (secondary N) is 2. The molecular weight excluding hydrogens is 408 g/mol. The van der Waals surface area contributed by atoms with Crippen molar-refractivity contribution >= 4 is 5.96 Å². The molecule has 10 heteroatoms. The SMILES string of the molecule is CN=C(NCc1cc2c(cc1OC(F)F)OCO2)NCc1ccccc1-n1ccnc1. The van der Waals surface area contributed by atoms with Gasteiger partial charge in [-0.2, -0.15) is 8.78 Å². The maximum Gasteiger partial charge on any atom is 0.387 e. The van der Waals surface area contributed by atoms with Crippen molar-refractivity contribution in [3.8, 4) is 22.9 Å². The van der Waals surface area contributed by atoms with Crippen LogP contribution in [0, 0.1) is 0 Å². The normalized spacial score (nSPS) is 12.8. The highest BCUT2D eigenvalue weighted by Gasteiger charge is 2.20. The Hall–Kier alpha value is -3.82. The molecule has 2 heterocycles. The van der Waals surface area contributed by atoms with Crippen LogP contribution in [0.4, 0.5) is 8.78 Å². The minimum absolute atomic E-state index is 0.0210. The number of fused-ring (bicyclic) bond motifs is 1. The van der Waals surface area contributed by atoms with E-state index in [4.69, 9.17) is 9.47 Å². The third kappa shape index (κ3) is 4.85. The number of para-hydroxylation sites is 1. The second kappa shape index (κ2) is 9.33. The summed E-state index contributed by atoms with van der Waals surface area (Å²) in [5.41, 5.74) is 2.52.